The van der Waals surface area contributed by atoms with Crippen LogP contribution in [0.5, 0.6) is 5.75 Å². The van der Waals surface area contributed by atoms with E-state index in [1.165, 1.54) is 0 Å². The zero-order chi connectivity index (χ0) is 14.4. The summed E-state index contributed by atoms with van der Waals surface area (Å²) in [5.74, 6) is 0.807. The Morgan fingerprint density at radius 1 is 1.30 bits per heavy atom. The standard InChI is InChI=1S/C16H21ClN2O/c1-3-6-12(11-18-4-2)20-15-9-8-14(17)13-7-5-10-19-16(13)15/h5,7-10,12,18H,3-4,6,11H2,1-2H3. The molecule has 0 aliphatic heterocycles. The molecule has 1 aromatic heterocycles. The summed E-state index contributed by atoms with van der Waals surface area (Å²) in [4.78, 5) is 4.41. The number of halogens is 1. The van der Waals surface area contributed by atoms with E-state index in [1.807, 2.05) is 24.3 Å². The van der Waals surface area contributed by atoms with Gasteiger partial charge in [0.15, 0.2) is 0 Å². The highest BCUT2D eigenvalue weighted by Gasteiger charge is 2.13. The summed E-state index contributed by atoms with van der Waals surface area (Å²) in [5.41, 5.74) is 0.831. The van der Waals surface area contributed by atoms with Crippen molar-refractivity contribution in [2.24, 2.45) is 0 Å². The maximum absolute atomic E-state index is 6.20. The molecule has 0 bridgehead atoms. The van der Waals surface area contributed by atoms with Crippen LogP contribution in [0.15, 0.2) is 30.5 Å². The first-order valence-corrected chi connectivity index (χ1v) is 7.54. The molecule has 1 heterocycles. The first-order chi connectivity index (χ1) is 9.76. The fourth-order valence-corrected chi connectivity index (χ4v) is 2.43. The number of likely N-dealkylation sites (N-methyl/N-ethyl adjacent to an activating group) is 1. The van der Waals surface area contributed by atoms with Gasteiger partial charge in [0.25, 0.3) is 0 Å². The van der Waals surface area contributed by atoms with E-state index in [1.54, 1.807) is 6.20 Å². The Balaban J connectivity index is 2.25. The minimum Gasteiger partial charge on any atom is -0.487 e. The van der Waals surface area contributed by atoms with Crippen molar-refractivity contribution in [3.8, 4) is 5.75 Å². The summed E-state index contributed by atoms with van der Waals surface area (Å²) in [7, 11) is 0. The third kappa shape index (κ3) is 3.62. The summed E-state index contributed by atoms with van der Waals surface area (Å²) in [6.45, 7) is 6.06. The van der Waals surface area contributed by atoms with Crippen LogP contribution < -0.4 is 10.1 Å². The molecule has 0 saturated heterocycles. The van der Waals surface area contributed by atoms with Gasteiger partial charge in [-0.1, -0.05) is 31.9 Å². The lowest BCUT2D eigenvalue weighted by molar-refractivity contribution is 0.189. The van der Waals surface area contributed by atoms with Crippen LogP contribution in [0.4, 0.5) is 0 Å². The normalized spacial score (nSPS) is 12.6. The van der Waals surface area contributed by atoms with Crippen LogP contribution in [-0.4, -0.2) is 24.2 Å². The fourth-order valence-electron chi connectivity index (χ4n) is 2.22. The first kappa shape index (κ1) is 15.1. The number of rotatable bonds is 7. The monoisotopic (exact) mass is 292 g/mol. The van der Waals surface area contributed by atoms with Gasteiger partial charge < -0.3 is 10.1 Å². The maximum Gasteiger partial charge on any atom is 0.146 e. The number of aromatic nitrogens is 1. The second-order valence-corrected chi connectivity index (χ2v) is 5.19. The SMILES string of the molecule is CCCC(CNCC)Oc1ccc(Cl)c2cccnc12. The largest absolute Gasteiger partial charge is 0.487 e. The van der Waals surface area contributed by atoms with E-state index in [2.05, 4.69) is 24.1 Å². The molecule has 2 rings (SSSR count). The molecule has 0 amide bonds. The van der Waals surface area contributed by atoms with E-state index < -0.39 is 0 Å². The number of nitrogens with one attached hydrogen (secondary N) is 1. The number of ether oxygens (including phenoxy) is 1. The Bertz CT molecular complexity index is 559. The molecule has 0 fully saturated rings. The van der Waals surface area contributed by atoms with E-state index in [4.69, 9.17) is 16.3 Å². The zero-order valence-corrected chi connectivity index (χ0v) is 12.8. The van der Waals surface area contributed by atoms with Crippen molar-refractivity contribution in [3.05, 3.63) is 35.5 Å². The third-order valence-corrected chi connectivity index (χ3v) is 3.54. The van der Waals surface area contributed by atoms with Crippen molar-refractivity contribution in [2.45, 2.75) is 32.8 Å². The van der Waals surface area contributed by atoms with Crippen LogP contribution in [0, 0.1) is 0 Å². The van der Waals surface area contributed by atoms with Gasteiger partial charge in [0.1, 0.15) is 17.4 Å². The van der Waals surface area contributed by atoms with Crippen LogP contribution in [0.3, 0.4) is 0 Å². The van der Waals surface area contributed by atoms with Gasteiger partial charge in [0.2, 0.25) is 0 Å². The Hall–Kier alpha value is -1.32. The first-order valence-electron chi connectivity index (χ1n) is 7.16. The van der Waals surface area contributed by atoms with Crippen LogP contribution in [0.25, 0.3) is 10.9 Å². The van der Waals surface area contributed by atoms with Gasteiger partial charge in [-0.15, -0.1) is 0 Å². The van der Waals surface area contributed by atoms with Crippen LogP contribution in [-0.2, 0) is 0 Å². The minimum atomic E-state index is 0.159. The molecule has 4 heteroatoms. The molecule has 1 atom stereocenters. The summed E-state index contributed by atoms with van der Waals surface area (Å²) < 4.78 is 6.14. The Labute approximate surface area is 125 Å². The van der Waals surface area contributed by atoms with Crippen molar-refractivity contribution in [1.29, 1.82) is 0 Å². The van der Waals surface area contributed by atoms with E-state index in [-0.39, 0.29) is 6.10 Å². The van der Waals surface area contributed by atoms with Gasteiger partial charge in [-0.3, -0.25) is 4.98 Å². The topological polar surface area (TPSA) is 34.1 Å². The predicted molar refractivity (Wildman–Crippen MR) is 84.6 cm³/mol. The van der Waals surface area contributed by atoms with E-state index in [9.17, 15) is 0 Å². The number of pyridine rings is 1. The number of hydrogen-bond acceptors (Lipinski definition) is 3. The molecule has 0 spiro atoms. The lowest BCUT2D eigenvalue weighted by Crippen LogP contribution is -2.31. The molecule has 0 aliphatic carbocycles. The summed E-state index contributed by atoms with van der Waals surface area (Å²) >= 11 is 6.20. The molecule has 1 N–H and O–H groups in total. The second kappa shape index (κ2) is 7.46. The summed E-state index contributed by atoms with van der Waals surface area (Å²) in [5, 5.41) is 4.98. The zero-order valence-electron chi connectivity index (χ0n) is 12.0. The lowest BCUT2D eigenvalue weighted by Gasteiger charge is -2.20. The molecule has 2 aromatic rings. The van der Waals surface area contributed by atoms with E-state index in [0.29, 0.717) is 5.02 Å². The highest BCUT2D eigenvalue weighted by atomic mass is 35.5. The molecule has 20 heavy (non-hydrogen) atoms. The van der Waals surface area contributed by atoms with Gasteiger partial charge in [0.05, 0.1) is 5.02 Å². The van der Waals surface area contributed by atoms with Gasteiger partial charge in [-0.2, -0.15) is 0 Å². The molecule has 0 aliphatic rings. The number of benzene rings is 1. The Kier molecular flexibility index (Phi) is 5.62. The average Bonchev–Trinajstić information content (AvgIpc) is 2.48. The molecule has 1 unspecified atom stereocenters. The van der Waals surface area contributed by atoms with E-state index in [0.717, 1.165) is 42.6 Å². The second-order valence-electron chi connectivity index (χ2n) is 4.78. The Morgan fingerprint density at radius 2 is 2.15 bits per heavy atom. The van der Waals surface area contributed by atoms with Gasteiger partial charge in [0, 0.05) is 18.1 Å². The molecule has 1 aromatic carbocycles. The molecular formula is C16H21ClN2O. The molecule has 3 nitrogen and oxygen atoms in total. The smallest absolute Gasteiger partial charge is 0.146 e. The highest BCUT2D eigenvalue weighted by Crippen LogP contribution is 2.30. The van der Waals surface area contributed by atoms with E-state index >= 15 is 0 Å². The number of hydrogen-bond donors (Lipinski definition) is 1. The summed E-state index contributed by atoms with van der Waals surface area (Å²) in [6, 6.07) is 7.64. The van der Waals surface area contributed by atoms with Gasteiger partial charge in [-0.05, 0) is 37.2 Å². The average molecular weight is 293 g/mol. The predicted octanol–water partition coefficient (Wildman–Crippen LogP) is 4.05. The quantitative estimate of drug-likeness (QED) is 0.836. The van der Waals surface area contributed by atoms with Gasteiger partial charge in [-0.25, -0.2) is 0 Å². The molecule has 108 valence electrons. The van der Waals surface area contributed by atoms with Crippen molar-refractivity contribution in [3.63, 3.8) is 0 Å². The lowest BCUT2D eigenvalue weighted by atomic mass is 10.2. The van der Waals surface area contributed by atoms with Gasteiger partial charge >= 0.3 is 0 Å². The van der Waals surface area contributed by atoms with Crippen LogP contribution >= 0.6 is 11.6 Å². The van der Waals surface area contributed by atoms with Crippen molar-refractivity contribution in [1.82, 2.24) is 10.3 Å². The molecule has 0 saturated carbocycles. The van der Waals surface area contributed by atoms with Crippen molar-refractivity contribution in [2.75, 3.05) is 13.1 Å². The maximum atomic E-state index is 6.20. The molecular weight excluding hydrogens is 272 g/mol. The van der Waals surface area contributed by atoms with Crippen LogP contribution in [0.2, 0.25) is 5.02 Å². The number of nitrogens with zero attached hydrogens (tertiary/aromatic N) is 1. The number of fused-ring (bicyclic) bond motifs is 1. The van der Waals surface area contributed by atoms with Crippen molar-refractivity contribution >= 4 is 22.5 Å². The minimum absolute atomic E-state index is 0.159. The van der Waals surface area contributed by atoms with Crippen molar-refractivity contribution < 1.29 is 4.74 Å². The molecule has 0 radical (unpaired) electrons. The third-order valence-electron chi connectivity index (χ3n) is 3.21. The summed E-state index contributed by atoms with van der Waals surface area (Å²) in [6.07, 6.45) is 4.04. The van der Waals surface area contributed by atoms with Crippen LogP contribution in [0.1, 0.15) is 26.7 Å². The highest BCUT2D eigenvalue weighted by molar-refractivity contribution is 6.35. The fraction of sp³-hybridized carbons (Fsp3) is 0.438. The Morgan fingerprint density at radius 3 is 2.90 bits per heavy atom.